The van der Waals surface area contributed by atoms with E-state index in [1.54, 1.807) is 4.90 Å². The Morgan fingerprint density at radius 1 is 1.23 bits per heavy atom. The highest BCUT2D eigenvalue weighted by molar-refractivity contribution is 5.95. The molecule has 1 spiro atoms. The molecule has 3 aliphatic rings. The van der Waals surface area contributed by atoms with Gasteiger partial charge in [0.1, 0.15) is 6.04 Å². The Kier molecular flexibility index (Phi) is 6.32. The lowest BCUT2D eigenvalue weighted by atomic mass is 9.84. The summed E-state index contributed by atoms with van der Waals surface area (Å²) in [6.07, 6.45) is 3.07. The highest BCUT2D eigenvalue weighted by Crippen LogP contribution is 2.40. The quantitative estimate of drug-likeness (QED) is 0.672. The number of benzene rings is 1. The van der Waals surface area contributed by atoms with Gasteiger partial charge in [-0.1, -0.05) is 38.1 Å². The van der Waals surface area contributed by atoms with Crippen LogP contribution < -0.4 is 10.6 Å². The van der Waals surface area contributed by atoms with Crippen LogP contribution in [-0.2, 0) is 27.3 Å². The van der Waals surface area contributed by atoms with Crippen LogP contribution in [0.1, 0.15) is 44.2 Å². The minimum atomic E-state index is -0.603. The minimum Gasteiger partial charge on any atom is -0.354 e. The van der Waals surface area contributed by atoms with Crippen LogP contribution in [0.2, 0.25) is 0 Å². The van der Waals surface area contributed by atoms with E-state index in [2.05, 4.69) is 39.8 Å². The number of nitrogens with one attached hydrogen (secondary N) is 2. The number of carbonyl (C=O) groups excluding carboxylic acids is 3. The fourth-order valence-electron chi connectivity index (χ4n) is 5.16. The average molecular weight is 427 g/mol. The van der Waals surface area contributed by atoms with Crippen LogP contribution in [0.25, 0.3) is 0 Å². The number of hydrogen-bond acceptors (Lipinski definition) is 4. The second kappa shape index (κ2) is 8.99. The smallest absolute Gasteiger partial charge is 0.242 e. The van der Waals surface area contributed by atoms with Gasteiger partial charge < -0.3 is 15.5 Å². The fourth-order valence-corrected chi connectivity index (χ4v) is 5.16. The maximum atomic E-state index is 12.7. The molecule has 2 saturated heterocycles. The topological polar surface area (TPSA) is 81.8 Å². The fraction of sp³-hybridized carbons (Fsp3) is 0.625. The Morgan fingerprint density at radius 2 is 2.00 bits per heavy atom. The zero-order chi connectivity index (χ0) is 22.0. The molecular weight excluding hydrogens is 392 g/mol. The van der Waals surface area contributed by atoms with Crippen molar-refractivity contribution in [1.29, 1.82) is 0 Å². The normalized spacial score (nSPS) is 25.7. The van der Waals surface area contributed by atoms with E-state index in [0.29, 0.717) is 32.5 Å². The Hall–Kier alpha value is -2.41. The zero-order valence-corrected chi connectivity index (χ0v) is 18.7. The van der Waals surface area contributed by atoms with Gasteiger partial charge in [0.25, 0.3) is 0 Å². The molecular formula is C24H34N4O3. The van der Waals surface area contributed by atoms with Crippen LogP contribution in [0.5, 0.6) is 0 Å². The van der Waals surface area contributed by atoms with Crippen LogP contribution in [0.15, 0.2) is 24.3 Å². The Morgan fingerprint density at radius 3 is 2.77 bits per heavy atom. The van der Waals surface area contributed by atoms with Gasteiger partial charge in [0, 0.05) is 45.2 Å². The summed E-state index contributed by atoms with van der Waals surface area (Å²) in [6, 6.07) is 8.09. The van der Waals surface area contributed by atoms with Crippen molar-refractivity contribution >= 4 is 17.7 Å². The monoisotopic (exact) mass is 426 g/mol. The number of rotatable bonds is 6. The number of nitrogens with zero attached hydrogens (tertiary/aromatic N) is 2. The van der Waals surface area contributed by atoms with Crippen LogP contribution in [0.3, 0.4) is 0 Å². The van der Waals surface area contributed by atoms with Crippen molar-refractivity contribution in [3.63, 3.8) is 0 Å². The van der Waals surface area contributed by atoms with Gasteiger partial charge in [-0.3, -0.25) is 19.3 Å². The third-order valence-corrected chi connectivity index (χ3v) is 7.02. The van der Waals surface area contributed by atoms with Gasteiger partial charge in [-0.15, -0.1) is 0 Å². The van der Waals surface area contributed by atoms with Crippen molar-refractivity contribution in [1.82, 2.24) is 20.4 Å². The molecule has 7 nitrogen and oxygen atoms in total. The first-order valence-corrected chi connectivity index (χ1v) is 11.5. The van der Waals surface area contributed by atoms with Gasteiger partial charge in [-0.2, -0.15) is 0 Å². The summed E-state index contributed by atoms with van der Waals surface area (Å²) in [7, 11) is 0. The Labute approximate surface area is 184 Å². The molecule has 2 N–H and O–H groups in total. The molecule has 3 heterocycles. The van der Waals surface area contributed by atoms with Crippen LogP contribution in [0.4, 0.5) is 0 Å². The highest BCUT2D eigenvalue weighted by atomic mass is 16.2. The number of likely N-dealkylation sites (tertiary alicyclic amines) is 1. The second-order valence-electron chi connectivity index (χ2n) is 9.61. The standard InChI is InChI=1S/C24H34N4O3/c1-17(2)22(30)28-13-9-24(16-28)14-20(26-23(24)31)21(29)25-10-5-11-27-12-8-18-6-3-4-7-19(18)15-27/h3-4,6-7,17,20H,5,8-16H2,1-2H3,(H,25,29)(H,26,31)/t20-,24-/m0/s1. The largest absolute Gasteiger partial charge is 0.354 e. The molecule has 0 radical (unpaired) electrons. The van der Waals surface area contributed by atoms with Gasteiger partial charge in [0.2, 0.25) is 17.7 Å². The molecule has 0 unspecified atom stereocenters. The molecule has 4 rings (SSSR count). The number of hydrogen-bond donors (Lipinski definition) is 2. The molecule has 31 heavy (non-hydrogen) atoms. The summed E-state index contributed by atoms with van der Waals surface area (Å²) in [4.78, 5) is 41.8. The first kappa shape index (κ1) is 21.8. The zero-order valence-electron chi connectivity index (χ0n) is 18.7. The molecule has 7 heteroatoms. The lowest BCUT2D eigenvalue weighted by Crippen LogP contribution is -2.42. The van der Waals surface area contributed by atoms with E-state index in [4.69, 9.17) is 0 Å². The molecule has 168 valence electrons. The van der Waals surface area contributed by atoms with Crippen LogP contribution in [0, 0.1) is 11.3 Å². The van der Waals surface area contributed by atoms with E-state index in [0.717, 1.165) is 32.5 Å². The van der Waals surface area contributed by atoms with Crippen molar-refractivity contribution in [2.45, 2.75) is 52.1 Å². The Balaban J connectivity index is 1.21. The van der Waals surface area contributed by atoms with E-state index in [1.165, 1.54) is 11.1 Å². The third kappa shape index (κ3) is 4.61. The van der Waals surface area contributed by atoms with E-state index in [9.17, 15) is 14.4 Å². The van der Waals surface area contributed by atoms with E-state index in [-0.39, 0.29) is 23.6 Å². The van der Waals surface area contributed by atoms with Crippen LogP contribution >= 0.6 is 0 Å². The van der Waals surface area contributed by atoms with Crippen molar-refractivity contribution in [3.05, 3.63) is 35.4 Å². The predicted molar refractivity (Wildman–Crippen MR) is 118 cm³/mol. The molecule has 1 aromatic carbocycles. The van der Waals surface area contributed by atoms with E-state index in [1.807, 2.05) is 13.8 Å². The van der Waals surface area contributed by atoms with E-state index >= 15 is 0 Å². The number of fused-ring (bicyclic) bond motifs is 1. The van der Waals surface area contributed by atoms with Gasteiger partial charge in [0.05, 0.1) is 5.41 Å². The third-order valence-electron chi connectivity index (χ3n) is 7.02. The van der Waals surface area contributed by atoms with Crippen molar-refractivity contribution in [3.8, 4) is 0 Å². The molecule has 1 aromatic rings. The molecule has 0 aromatic heterocycles. The lowest BCUT2D eigenvalue weighted by Gasteiger charge is -2.28. The summed E-state index contributed by atoms with van der Waals surface area (Å²) in [6.45, 7) is 8.35. The highest BCUT2D eigenvalue weighted by Gasteiger charge is 2.53. The summed E-state index contributed by atoms with van der Waals surface area (Å²) < 4.78 is 0. The lowest BCUT2D eigenvalue weighted by molar-refractivity contribution is -0.134. The van der Waals surface area contributed by atoms with Crippen molar-refractivity contribution in [2.75, 3.05) is 32.7 Å². The maximum Gasteiger partial charge on any atom is 0.242 e. The van der Waals surface area contributed by atoms with Crippen molar-refractivity contribution < 1.29 is 14.4 Å². The van der Waals surface area contributed by atoms with Crippen LogP contribution in [-0.4, -0.2) is 66.3 Å². The summed E-state index contributed by atoms with van der Waals surface area (Å²) >= 11 is 0. The van der Waals surface area contributed by atoms with E-state index < -0.39 is 11.5 Å². The second-order valence-corrected chi connectivity index (χ2v) is 9.61. The predicted octanol–water partition coefficient (Wildman–Crippen LogP) is 1.31. The first-order chi connectivity index (χ1) is 14.9. The molecule has 0 bridgehead atoms. The molecule has 2 atom stereocenters. The molecule has 0 aliphatic carbocycles. The summed E-state index contributed by atoms with van der Waals surface area (Å²) in [5.74, 6) is -0.188. The first-order valence-electron chi connectivity index (χ1n) is 11.5. The summed E-state index contributed by atoms with van der Waals surface area (Å²) in [5.41, 5.74) is 2.24. The van der Waals surface area contributed by atoms with Gasteiger partial charge >= 0.3 is 0 Å². The number of carbonyl (C=O) groups is 3. The molecule has 3 amide bonds. The average Bonchev–Trinajstić information content (AvgIpc) is 3.34. The van der Waals surface area contributed by atoms with Gasteiger partial charge in [-0.05, 0) is 36.8 Å². The maximum absolute atomic E-state index is 12.7. The number of amides is 3. The SMILES string of the molecule is CC(C)C(=O)N1CC[C@]2(C[C@@H](C(=O)NCCCN3CCc4ccccc4C3)NC2=O)C1. The van der Waals surface area contributed by atoms with Gasteiger partial charge in [-0.25, -0.2) is 0 Å². The molecule has 3 aliphatic heterocycles. The molecule has 2 fully saturated rings. The summed E-state index contributed by atoms with van der Waals surface area (Å²) in [5, 5.41) is 5.88. The molecule has 0 saturated carbocycles. The Bertz CT molecular complexity index is 855. The van der Waals surface area contributed by atoms with Crippen molar-refractivity contribution in [2.24, 2.45) is 11.3 Å². The van der Waals surface area contributed by atoms with Gasteiger partial charge in [0.15, 0.2) is 0 Å². The minimum absolute atomic E-state index is 0.0768.